The Morgan fingerprint density at radius 2 is 1.77 bits per heavy atom. The first-order chi connectivity index (χ1) is 16.3. The zero-order valence-electron chi connectivity index (χ0n) is 20.0. The zero-order valence-corrected chi connectivity index (χ0v) is 22.4. The van der Waals surface area contributed by atoms with Gasteiger partial charge in [-0.1, -0.05) is 48.3 Å². The highest BCUT2D eigenvalue weighted by atomic mass is 35.5. The molecule has 8 nitrogen and oxygen atoms in total. The molecule has 2 aromatic rings. The summed E-state index contributed by atoms with van der Waals surface area (Å²) in [4.78, 5) is 39.3. The number of halogens is 2. The van der Waals surface area contributed by atoms with Gasteiger partial charge in [-0.3, -0.25) is 18.7 Å². The Balaban J connectivity index is 2.44. The monoisotopic (exact) mass is 541 g/mol. The van der Waals surface area contributed by atoms with Crippen LogP contribution in [0.5, 0.6) is 0 Å². The van der Waals surface area contributed by atoms with Crippen LogP contribution in [0.15, 0.2) is 42.5 Å². The van der Waals surface area contributed by atoms with Crippen molar-refractivity contribution in [1.29, 1.82) is 0 Å². The first-order valence-electron chi connectivity index (χ1n) is 10.9. The van der Waals surface area contributed by atoms with Crippen molar-refractivity contribution in [2.24, 2.45) is 0 Å². The van der Waals surface area contributed by atoms with Gasteiger partial charge >= 0.3 is 0 Å². The Hall–Kier alpha value is -2.62. The molecule has 0 aliphatic heterocycles. The van der Waals surface area contributed by atoms with E-state index in [0.717, 1.165) is 10.6 Å². The molecule has 2 rings (SSSR count). The Morgan fingerprint density at radius 3 is 2.34 bits per heavy atom. The van der Waals surface area contributed by atoms with E-state index in [1.54, 1.807) is 31.2 Å². The molecule has 0 bridgehead atoms. The minimum atomic E-state index is -3.91. The molecule has 0 saturated heterocycles. The molecular weight excluding hydrogens is 513 g/mol. The smallest absolute Gasteiger partial charge is 0.244 e. The van der Waals surface area contributed by atoms with Gasteiger partial charge in [0.05, 0.1) is 11.9 Å². The second kappa shape index (κ2) is 12.4. The zero-order chi connectivity index (χ0) is 26.3. The third-order valence-corrected chi connectivity index (χ3v) is 7.02. The number of benzene rings is 2. The van der Waals surface area contributed by atoms with Gasteiger partial charge in [0.2, 0.25) is 21.8 Å². The topological polar surface area (TPSA) is 104 Å². The fraction of sp³-hybridized carbons (Fsp3) is 0.375. The fourth-order valence-electron chi connectivity index (χ4n) is 3.31. The average Bonchev–Trinajstić information content (AvgIpc) is 2.79. The van der Waals surface area contributed by atoms with E-state index in [9.17, 15) is 22.8 Å². The highest BCUT2D eigenvalue weighted by molar-refractivity contribution is 7.92. The van der Waals surface area contributed by atoms with Crippen molar-refractivity contribution in [3.63, 3.8) is 0 Å². The minimum absolute atomic E-state index is 0.0410. The summed E-state index contributed by atoms with van der Waals surface area (Å²) in [5, 5.41) is 3.48. The number of anilines is 1. The van der Waals surface area contributed by atoms with Crippen LogP contribution >= 0.6 is 23.2 Å². The predicted molar refractivity (Wildman–Crippen MR) is 138 cm³/mol. The molecule has 0 aromatic heterocycles. The maximum Gasteiger partial charge on any atom is 0.244 e. The summed E-state index contributed by atoms with van der Waals surface area (Å²) in [6, 6.07) is 9.89. The molecule has 1 unspecified atom stereocenters. The lowest BCUT2D eigenvalue weighted by molar-refractivity contribution is -0.139. The number of amides is 2. The Kier molecular flexibility index (Phi) is 10.1. The van der Waals surface area contributed by atoms with Crippen LogP contribution in [0.4, 0.5) is 5.69 Å². The van der Waals surface area contributed by atoms with E-state index in [4.69, 9.17) is 23.2 Å². The predicted octanol–water partition coefficient (Wildman–Crippen LogP) is 3.91. The lowest BCUT2D eigenvalue weighted by atomic mass is 10.1. The first-order valence-corrected chi connectivity index (χ1v) is 13.5. The minimum Gasteiger partial charge on any atom is -0.354 e. The van der Waals surface area contributed by atoms with Crippen LogP contribution in [-0.4, -0.2) is 56.3 Å². The van der Waals surface area contributed by atoms with Crippen LogP contribution in [0.3, 0.4) is 0 Å². The van der Waals surface area contributed by atoms with Crippen molar-refractivity contribution in [3.8, 4) is 0 Å². The van der Waals surface area contributed by atoms with Crippen LogP contribution in [0.25, 0.3) is 0 Å². The second-order valence-electron chi connectivity index (χ2n) is 8.10. The number of nitrogens with zero attached hydrogens (tertiary/aromatic N) is 2. The summed E-state index contributed by atoms with van der Waals surface area (Å²) in [6.07, 6.45) is 1.68. The number of rotatable bonds is 11. The molecule has 11 heteroatoms. The molecule has 0 spiro atoms. The number of nitrogens with one attached hydrogen (secondary N) is 1. The van der Waals surface area contributed by atoms with Gasteiger partial charge in [-0.05, 0) is 50.1 Å². The van der Waals surface area contributed by atoms with Gasteiger partial charge in [-0.25, -0.2) is 8.42 Å². The maximum atomic E-state index is 13.5. The number of carbonyl (C=O) groups excluding carboxylic acids is 3. The van der Waals surface area contributed by atoms with Gasteiger partial charge in [0.1, 0.15) is 12.6 Å². The van der Waals surface area contributed by atoms with E-state index in [2.05, 4.69) is 5.32 Å². The van der Waals surface area contributed by atoms with E-state index in [-0.39, 0.29) is 23.9 Å². The number of Topliss-reactive ketones (excluding diaryl/α,β-unsaturated/α-hetero) is 1. The molecule has 0 saturated carbocycles. The van der Waals surface area contributed by atoms with Crippen molar-refractivity contribution < 1.29 is 22.8 Å². The van der Waals surface area contributed by atoms with E-state index in [1.165, 1.54) is 30.0 Å². The molecule has 0 heterocycles. The summed E-state index contributed by atoms with van der Waals surface area (Å²) < 4.78 is 26.2. The molecule has 0 aliphatic carbocycles. The molecule has 1 atom stereocenters. The summed E-state index contributed by atoms with van der Waals surface area (Å²) >= 11 is 12.3. The molecule has 2 amide bonds. The van der Waals surface area contributed by atoms with Crippen LogP contribution in [0, 0.1) is 0 Å². The van der Waals surface area contributed by atoms with Crippen LogP contribution < -0.4 is 9.62 Å². The number of sulfonamides is 1. The molecule has 190 valence electrons. The Morgan fingerprint density at radius 1 is 1.09 bits per heavy atom. The number of hydrogen-bond acceptors (Lipinski definition) is 5. The van der Waals surface area contributed by atoms with Crippen molar-refractivity contribution in [2.75, 3.05) is 23.7 Å². The van der Waals surface area contributed by atoms with Crippen molar-refractivity contribution in [1.82, 2.24) is 10.2 Å². The van der Waals surface area contributed by atoms with Crippen molar-refractivity contribution in [3.05, 3.63) is 63.6 Å². The third kappa shape index (κ3) is 7.95. The molecule has 0 radical (unpaired) electrons. The van der Waals surface area contributed by atoms with Gasteiger partial charge in [-0.2, -0.15) is 0 Å². The third-order valence-electron chi connectivity index (χ3n) is 5.29. The van der Waals surface area contributed by atoms with Gasteiger partial charge < -0.3 is 10.2 Å². The van der Waals surface area contributed by atoms with Gasteiger partial charge in [0.15, 0.2) is 5.78 Å². The van der Waals surface area contributed by atoms with Crippen LogP contribution in [0.1, 0.15) is 43.1 Å². The van der Waals surface area contributed by atoms with Gasteiger partial charge in [0, 0.05) is 28.7 Å². The second-order valence-corrected chi connectivity index (χ2v) is 10.9. The molecule has 1 N–H and O–H groups in total. The first kappa shape index (κ1) is 28.6. The lowest BCUT2D eigenvalue weighted by Gasteiger charge is -2.31. The quantitative estimate of drug-likeness (QED) is 0.434. The molecule has 0 aliphatic rings. The largest absolute Gasteiger partial charge is 0.354 e. The van der Waals surface area contributed by atoms with Crippen molar-refractivity contribution >= 4 is 56.5 Å². The fourth-order valence-corrected chi connectivity index (χ4v) is 4.62. The van der Waals surface area contributed by atoms with E-state index < -0.39 is 28.5 Å². The van der Waals surface area contributed by atoms with Gasteiger partial charge in [-0.15, -0.1) is 0 Å². The summed E-state index contributed by atoms with van der Waals surface area (Å²) in [5.74, 6) is -1.24. The molecule has 0 fully saturated rings. The highest BCUT2D eigenvalue weighted by Crippen LogP contribution is 2.24. The normalized spacial score (nSPS) is 12.1. The Labute approximate surface area is 216 Å². The average molecular weight is 542 g/mol. The van der Waals surface area contributed by atoms with Crippen LogP contribution in [0.2, 0.25) is 10.0 Å². The van der Waals surface area contributed by atoms with Crippen LogP contribution in [-0.2, 0) is 26.2 Å². The summed E-state index contributed by atoms with van der Waals surface area (Å²) in [7, 11) is -3.91. The Bertz CT molecular complexity index is 1200. The molecular formula is C24H29Cl2N3O5S. The number of hydrogen-bond donors (Lipinski definition) is 1. The van der Waals surface area contributed by atoms with E-state index in [1.807, 2.05) is 6.92 Å². The molecule has 35 heavy (non-hydrogen) atoms. The van der Waals surface area contributed by atoms with Crippen molar-refractivity contribution in [2.45, 2.75) is 39.8 Å². The highest BCUT2D eigenvalue weighted by Gasteiger charge is 2.30. The number of ketones is 1. The lowest BCUT2D eigenvalue weighted by Crippen LogP contribution is -2.51. The van der Waals surface area contributed by atoms with Gasteiger partial charge in [0.25, 0.3) is 0 Å². The SMILES string of the molecule is CCCNC(=O)C(C)N(Cc1ccc(Cl)cc1Cl)C(=O)CN(c1cccc(C(C)=O)c1)S(C)(=O)=O. The summed E-state index contributed by atoms with van der Waals surface area (Å²) in [5.41, 5.74) is 1.02. The standard InChI is InChI=1S/C24H29Cl2N3O5S/c1-5-11-27-24(32)16(2)28(14-19-9-10-20(25)13-22(19)26)23(31)15-29(35(4,33)34)21-8-6-7-18(12-21)17(3)30/h6-10,12-13,16H,5,11,14-15H2,1-4H3,(H,27,32). The number of carbonyl (C=O) groups is 3. The molecule has 2 aromatic carbocycles. The summed E-state index contributed by atoms with van der Waals surface area (Å²) in [6.45, 7) is 4.65. The maximum absolute atomic E-state index is 13.5. The van der Waals surface area contributed by atoms with E-state index in [0.29, 0.717) is 34.1 Å². The van der Waals surface area contributed by atoms with E-state index >= 15 is 0 Å².